The van der Waals surface area contributed by atoms with Gasteiger partial charge in [-0.05, 0) is 19.4 Å². The molecular formula is C14H15NO3S. The molecule has 0 spiro atoms. The maximum absolute atomic E-state index is 11.3. The fraction of sp³-hybridized carbons (Fsp3) is 0.286. The van der Waals surface area contributed by atoms with E-state index in [9.17, 15) is 9.90 Å². The van der Waals surface area contributed by atoms with Gasteiger partial charge in [0.2, 0.25) is 0 Å². The van der Waals surface area contributed by atoms with Crippen LogP contribution in [0.3, 0.4) is 0 Å². The average molecular weight is 277 g/mol. The van der Waals surface area contributed by atoms with E-state index in [0.29, 0.717) is 16.5 Å². The molecule has 0 saturated heterocycles. The molecular weight excluding hydrogens is 262 g/mol. The van der Waals surface area contributed by atoms with Crippen LogP contribution >= 0.6 is 11.3 Å². The molecule has 5 heteroatoms. The SMILES string of the molecule is CCOC(C)c1nc(C(=O)O)c(-c2ccccc2)s1. The summed E-state index contributed by atoms with van der Waals surface area (Å²) in [5, 5.41) is 9.95. The average Bonchev–Trinajstić information content (AvgIpc) is 2.85. The zero-order chi connectivity index (χ0) is 13.8. The molecule has 0 saturated carbocycles. The highest BCUT2D eigenvalue weighted by Crippen LogP contribution is 2.33. The van der Waals surface area contributed by atoms with E-state index in [4.69, 9.17) is 4.74 Å². The van der Waals surface area contributed by atoms with Crippen molar-refractivity contribution in [1.29, 1.82) is 0 Å². The van der Waals surface area contributed by atoms with Gasteiger partial charge in [0.1, 0.15) is 11.1 Å². The topological polar surface area (TPSA) is 59.4 Å². The Hall–Kier alpha value is -1.72. The molecule has 2 aromatic rings. The Bertz CT molecular complexity index is 565. The van der Waals surface area contributed by atoms with E-state index in [-0.39, 0.29) is 11.8 Å². The second kappa shape index (κ2) is 5.95. The number of carboxylic acid groups (broad SMARTS) is 1. The molecule has 1 atom stereocenters. The summed E-state index contributed by atoms with van der Waals surface area (Å²) in [5.41, 5.74) is 0.963. The summed E-state index contributed by atoms with van der Waals surface area (Å²) >= 11 is 1.37. The van der Waals surface area contributed by atoms with Crippen molar-refractivity contribution >= 4 is 17.3 Å². The van der Waals surface area contributed by atoms with Crippen molar-refractivity contribution in [2.75, 3.05) is 6.61 Å². The Morgan fingerprint density at radius 1 is 1.42 bits per heavy atom. The molecule has 1 unspecified atom stereocenters. The first-order valence-electron chi connectivity index (χ1n) is 6.04. The summed E-state index contributed by atoms with van der Waals surface area (Å²) in [7, 11) is 0. The summed E-state index contributed by atoms with van der Waals surface area (Å²) in [6, 6.07) is 9.43. The molecule has 0 amide bonds. The van der Waals surface area contributed by atoms with Crippen LogP contribution in [0.2, 0.25) is 0 Å². The smallest absolute Gasteiger partial charge is 0.356 e. The predicted octanol–water partition coefficient (Wildman–Crippen LogP) is 3.61. The molecule has 0 aliphatic rings. The minimum absolute atomic E-state index is 0.0951. The van der Waals surface area contributed by atoms with Crippen LogP contribution < -0.4 is 0 Å². The number of benzene rings is 1. The zero-order valence-electron chi connectivity index (χ0n) is 10.8. The normalized spacial score (nSPS) is 12.3. The summed E-state index contributed by atoms with van der Waals surface area (Å²) in [6.07, 6.45) is -0.189. The minimum Gasteiger partial charge on any atom is -0.476 e. The van der Waals surface area contributed by atoms with E-state index in [1.54, 1.807) is 0 Å². The second-order valence-corrected chi connectivity index (χ2v) is 5.03. The largest absolute Gasteiger partial charge is 0.476 e. The van der Waals surface area contributed by atoms with E-state index < -0.39 is 5.97 Å². The number of carboxylic acids is 1. The third-order valence-corrected chi connectivity index (χ3v) is 3.91. The summed E-state index contributed by atoms with van der Waals surface area (Å²) in [6.45, 7) is 4.35. The quantitative estimate of drug-likeness (QED) is 0.907. The first-order valence-corrected chi connectivity index (χ1v) is 6.86. The van der Waals surface area contributed by atoms with Crippen molar-refractivity contribution < 1.29 is 14.6 Å². The van der Waals surface area contributed by atoms with Crippen LogP contribution in [0.15, 0.2) is 30.3 Å². The van der Waals surface area contributed by atoms with Gasteiger partial charge in [0.25, 0.3) is 0 Å². The third kappa shape index (κ3) is 3.00. The number of rotatable bonds is 5. The van der Waals surface area contributed by atoms with Gasteiger partial charge in [0, 0.05) is 6.61 Å². The van der Waals surface area contributed by atoms with Crippen molar-refractivity contribution in [3.63, 3.8) is 0 Å². The monoisotopic (exact) mass is 277 g/mol. The van der Waals surface area contributed by atoms with Crippen LogP contribution in [-0.4, -0.2) is 22.7 Å². The zero-order valence-corrected chi connectivity index (χ0v) is 11.6. The van der Waals surface area contributed by atoms with Crippen LogP contribution in [0.5, 0.6) is 0 Å². The van der Waals surface area contributed by atoms with Gasteiger partial charge in [-0.3, -0.25) is 0 Å². The number of ether oxygens (including phenoxy) is 1. The summed E-state index contributed by atoms with van der Waals surface area (Å²) in [5.74, 6) is -1.01. The van der Waals surface area contributed by atoms with Crippen molar-refractivity contribution in [3.8, 4) is 10.4 Å². The molecule has 1 aromatic heterocycles. The standard InChI is InChI=1S/C14H15NO3S/c1-3-18-9(2)13-15-11(14(16)17)12(19-13)10-7-5-4-6-8-10/h4-9H,3H2,1-2H3,(H,16,17). The van der Waals surface area contributed by atoms with Gasteiger partial charge in [-0.15, -0.1) is 11.3 Å². The van der Waals surface area contributed by atoms with Crippen molar-refractivity contribution in [3.05, 3.63) is 41.0 Å². The first kappa shape index (κ1) is 13.7. The number of aromatic nitrogens is 1. The van der Waals surface area contributed by atoms with Gasteiger partial charge in [0.05, 0.1) is 4.88 Å². The maximum Gasteiger partial charge on any atom is 0.356 e. The molecule has 100 valence electrons. The molecule has 1 N–H and O–H groups in total. The van der Waals surface area contributed by atoms with E-state index in [1.807, 2.05) is 44.2 Å². The number of hydrogen-bond acceptors (Lipinski definition) is 4. The second-order valence-electron chi connectivity index (χ2n) is 4.00. The number of aromatic carboxylic acids is 1. The Morgan fingerprint density at radius 3 is 2.68 bits per heavy atom. The lowest BCUT2D eigenvalue weighted by Gasteiger charge is -2.06. The summed E-state index contributed by atoms with van der Waals surface area (Å²) < 4.78 is 5.47. The van der Waals surface area contributed by atoms with Gasteiger partial charge in [-0.1, -0.05) is 30.3 Å². The van der Waals surface area contributed by atoms with Crippen LogP contribution in [0, 0.1) is 0 Å². The van der Waals surface area contributed by atoms with E-state index >= 15 is 0 Å². The molecule has 0 bridgehead atoms. The number of thiazole rings is 1. The van der Waals surface area contributed by atoms with Crippen molar-refractivity contribution in [1.82, 2.24) is 4.98 Å². The molecule has 0 aliphatic heterocycles. The van der Waals surface area contributed by atoms with E-state index in [1.165, 1.54) is 11.3 Å². The van der Waals surface area contributed by atoms with Gasteiger partial charge < -0.3 is 9.84 Å². The van der Waals surface area contributed by atoms with Gasteiger partial charge in [-0.25, -0.2) is 9.78 Å². The van der Waals surface area contributed by atoms with E-state index in [0.717, 1.165) is 5.56 Å². The van der Waals surface area contributed by atoms with Crippen molar-refractivity contribution in [2.45, 2.75) is 20.0 Å². The van der Waals surface area contributed by atoms with Crippen molar-refractivity contribution in [2.24, 2.45) is 0 Å². The lowest BCUT2D eigenvalue weighted by molar-refractivity contribution is 0.0684. The fourth-order valence-electron chi connectivity index (χ4n) is 1.76. The third-order valence-electron chi connectivity index (χ3n) is 2.65. The highest BCUT2D eigenvalue weighted by atomic mass is 32.1. The Balaban J connectivity index is 2.45. The van der Waals surface area contributed by atoms with Crippen LogP contribution in [0.25, 0.3) is 10.4 Å². The Kier molecular flexibility index (Phi) is 4.29. The Morgan fingerprint density at radius 2 is 2.11 bits per heavy atom. The minimum atomic E-state index is -1.01. The molecule has 4 nitrogen and oxygen atoms in total. The lowest BCUT2D eigenvalue weighted by atomic mass is 10.1. The molecule has 0 fully saturated rings. The maximum atomic E-state index is 11.3. The summed E-state index contributed by atoms with van der Waals surface area (Å²) in [4.78, 5) is 16.2. The first-order chi connectivity index (χ1) is 9.13. The molecule has 19 heavy (non-hydrogen) atoms. The number of hydrogen-bond donors (Lipinski definition) is 1. The number of nitrogens with zero attached hydrogens (tertiary/aromatic N) is 1. The van der Waals surface area contributed by atoms with Crippen LogP contribution in [-0.2, 0) is 4.74 Å². The van der Waals surface area contributed by atoms with Crippen LogP contribution in [0.4, 0.5) is 0 Å². The molecule has 0 radical (unpaired) electrons. The fourth-order valence-corrected chi connectivity index (χ4v) is 2.83. The predicted molar refractivity (Wildman–Crippen MR) is 74.6 cm³/mol. The molecule has 0 aliphatic carbocycles. The highest BCUT2D eigenvalue weighted by Gasteiger charge is 2.21. The molecule has 1 aromatic carbocycles. The van der Waals surface area contributed by atoms with Gasteiger partial charge >= 0.3 is 5.97 Å². The molecule has 2 rings (SSSR count). The Labute approximate surface area is 115 Å². The van der Waals surface area contributed by atoms with E-state index in [2.05, 4.69) is 4.98 Å². The van der Waals surface area contributed by atoms with Crippen LogP contribution in [0.1, 0.15) is 35.4 Å². The molecule has 1 heterocycles. The number of carbonyl (C=O) groups is 1. The lowest BCUT2D eigenvalue weighted by Crippen LogP contribution is -2.02. The van der Waals surface area contributed by atoms with Gasteiger partial charge in [-0.2, -0.15) is 0 Å². The van der Waals surface area contributed by atoms with Gasteiger partial charge in [0.15, 0.2) is 5.69 Å². The highest BCUT2D eigenvalue weighted by molar-refractivity contribution is 7.15.